The highest BCUT2D eigenvalue weighted by Gasteiger charge is 2.26. The molecule has 3 unspecified atom stereocenters. The number of rotatable bonds is 5. The van der Waals surface area contributed by atoms with E-state index < -0.39 is 0 Å². The fourth-order valence-corrected chi connectivity index (χ4v) is 3.32. The van der Waals surface area contributed by atoms with Gasteiger partial charge in [0.1, 0.15) is 11.9 Å². The average Bonchev–Trinajstić information content (AvgIpc) is 2.42. The standard InChI is InChI=1S/C17H26ClNO/c1-3-13-6-4-5-7-16(13)20-17-9-8-15(18)11-14(17)10-12(2)19/h8-9,11-13,16H,3-7,10,19H2,1-2H3. The van der Waals surface area contributed by atoms with Gasteiger partial charge in [0.05, 0.1) is 0 Å². The monoisotopic (exact) mass is 295 g/mol. The zero-order valence-corrected chi connectivity index (χ0v) is 13.3. The molecule has 0 aliphatic heterocycles. The number of halogens is 1. The zero-order valence-electron chi connectivity index (χ0n) is 12.6. The molecular formula is C17H26ClNO. The second-order valence-corrected chi connectivity index (χ2v) is 6.48. The highest BCUT2D eigenvalue weighted by Crippen LogP contribution is 2.33. The van der Waals surface area contributed by atoms with E-state index in [0.29, 0.717) is 12.0 Å². The average molecular weight is 296 g/mol. The van der Waals surface area contributed by atoms with Crippen molar-refractivity contribution in [2.24, 2.45) is 11.7 Å². The second-order valence-electron chi connectivity index (χ2n) is 6.04. The first-order valence-electron chi connectivity index (χ1n) is 7.80. The van der Waals surface area contributed by atoms with Crippen LogP contribution in [0.3, 0.4) is 0 Å². The van der Waals surface area contributed by atoms with Crippen LogP contribution < -0.4 is 10.5 Å². The molecule has 0 heterocycles. The number of hydrogen-bond donors (Lipinski definition) is 1. The number of benzene rings is 1. The van der Waals surface area contributed by atoms with Crippen LogP contribution in [0.2, 0.25) is 5.02 Å². The lowest BCUT2D eigenvalue weighted by atomic mass is 9.84. The summed E-state index contributed by atoms with van der Waals surface area (Å²) < 4.78 is 6.33. The Morgan fingerprint density at radius 1 is 1.35 bits per heavy atom. The van der Waals surface area contributed by atoms with Crippen molar-refractivity contribution in [2.45, 2.75) is 64.5 Å². The summed E-state index contributed by atoms with van der Waals surface area (Å²) in [5, 5.41) is 0.753. The molecule has 1 saturated carbocycles. The Morgan fingerprint density at radius 3 is 2.80 bits per heavy atom. The number of hydrogen-bond acceptors (Lipinski definition) is 2. The van der Waals surface area contributed by atoms with E-state index in [1.165, 1.54) is 32.1 Å². The minimum Gasteiger partial charge on any atom is -0.490 e. The Balaban J connectivity index is 2.14. The summed E-state index contributed by atoms with van der Waals surface area (Å²) in [6, 6.07) is 6.01. The predicted octanol–water partition coefficient (Wildman–Crippen LogP) is 4.58. The van der Waals surface area contributed by atoms with Crippen LogP contribution in [0.15, 0.2) is 18.2 Å². The Bertz CT molecular complexity index is 433. The van der Waals surface area contributed by atoms with Crippen LogP contribution in [0.5, 0.6) is 5.75 Å². The lowest BCUT2D eigenvalue weighted by Gasteiger charge is -2.32. The summed E-state index contributed by atoms with van der Waals surface area (Å²) in [4.78, 5) is 0. The summed E-state index contributed by atoms with van der Waals surface area (Å²) in [6.45, 7) is 4.28. The van der Waals surface area contributed by atoms with Gasteiger partial charge < -0.3 is 10.5 Å². The molecule has 1 aliphatic rings. The maximum Gasteiger partial charge on any atom is 0.123 e. The van der Waals surface area contributed by atoms with Crippen molar-refractivity contribution in [3.05, 3.63) is 28.8 Å². The summed E-state index contributed by atoms with van der Waals surface area (Å²) >= 11 is 6.10. The van der Waals surface area contributed by atoms with Gasteiger partial charge in [-0.3, -0.25) is 0 Å². The summed E-state index contributed by atoms with van der Waals surface area (Å²) in [6.07, 6.45) is 7.42. The molecule has 0 spiro atoms. The maximum absolute atomic E-state index is 6.33. The first kappa shape index (κ1) is 15.7. The van der Waals surface area contributed by atoms with E-state index in [9.17, 15) is 0 Å². The predicted molar refractivity (Wildman–Crippen MR) is 85.5 cm³/mol. The maximum atomic E-state index is 6.33. The van der Waals surface area contributed by atoms with Gasteiger partial charge in [-0.1, -0.05) is 24.9 Å². The van der Waals surface area contributed by atoms with Crippen LogP contribution in [0.25, 0.3) is 0 Å². The smallest absolute Gasteiger partial charge is 0.123 e. The van der Waals surface area contributed by atoms with Gasteiger partial charge in [-0.15, -0.1) is 0 Å². The summed E-state index contributed by atoms with van der Waals surface area (Å²) in [7, 11) is 0. The van der Waals surface area contributed by atoms with Crippen LogP contribution in [0.4, 0.5) is 0 Å². The van der Waals surface area contributed by atoms with Crippen LogP contribution in [0.1, 0.15) is 51.5 Å². The van der Waals surface area contributed by atoms with Crippen molar-refractivity contribution < 1.29 is 4.74 Å². The molecule has 1 aromatic rings. The van der Waals surface area contributed by atoms with Crippen molar-refractivity contribution in [1.29, 1.82) is 0 Å². The molecule has 1 fully saturated rings. The molecule has 2 nitrogen and oxygen atoms in total. The highest BCUT2D eigenvalue weighted by atomic mass is 35.5. The van der Waals surface area contributed by atoms with Crippen LogP contribution >= 0.6 is 11.6 Å². The van der Waals surface area contributed by atoms with Crippen molar-refractivity contribution in [3.63, 3.8) is 0 Å². The minimum absolute atomic E-state index is 0.115. The fourth-order valence-electron chi connectivity index (χ4n) is 3.13. The number of nitrogens with two attached hydrogens (primary N) is 1. The molecule has 0 aromatic heterocycles. The van der Waals surface area contributed by atoms with Gasteiger partial charge in [0, 0.05) is 11.1 Å². The van der Waals surface area contributed by atoms with E-state index in [2.05, 4.69) is 6.92 Å². The van der Waals surface area contributed by atoms with Gasteiger partial charge >= 0.3 is 0 Å². The van der Waals surface area contributed by atoms with Gasteiger partial charge in [0.25, 0.3) is 0 Å². The molecule has 112 valence electrons. The zero-order chi connectivity index (χ0) is 14.5. The third-order valence-electron chi connectivity index (χ3n) is 4.21. The van der Waals surface area contributed by atoms with E-state index in [4.69, 9.17) is 22.1 Å². The van der Waals surface area contributed by atoms with E-state index in [-0.39, 0.29) is 6.04 Å². The highest BCUT2D eigenvalue weighted by molar-refractivity contribution is 6.30. The molecule has 20 heavy (non-hydrogen) atoms. The second kappa shape index (κ2) is 7.33. The molecule has 3 atom stereocenters. The lowest BCUT2D eigenvalue weighted by Crippen LogP contribution is -2.30. The van der Waals surface area contributed by atoms with Crippen molar-refractivity contribution >= 4 is 11.6 Å². The Morgan fingerprint density at radius 2 is 2.10 bits per heavy atom. The lowest BCUT2D eigenvalue weighted by molar-refractivity contribution is 0.0893. The molecule has 0 radical (unpaired) electrons. The van der Waals surface area contributed by atoms with Crippen LogP contribution in [0, 0.1) is 5.92 Å². The third-order valence-corrected chi connectivity index (χ3v) is 4.44. The van der Waals surface area contributed by atoms with Gasteiger partial charge in [-0.2, -0.15) is 0 Å². The van der Waals surface area contributed by atoms with Crippen LogP contribution in [-0.2, 0) is 6.42 Å². The van der Waals surface area contributed by atoms with E-state index in [1.807, 2.05) is 25.1 Å². The first-order valence-corrected chi connectivity index (χ1v) is 8.18. The largest absolute Gasteiger partial charge is 0.490 e. The van der Waals surface area contributed by atoms with E-state index >= 15 is 0 Å². The van der Waals surface area contributed by atoms with E-state index in [0.717, 1.165) is 22.8 Å². The van der Waals surface area contributed by atoms with Gasteiger partial charge in [0.2, 0.25) is 0 Å². The molecular weight excluding hydrogens is 270 g/mol. The van der Waals surface area contributed by atoms with E-state index in [1.54, 1.807) is 0 Å². The van der Waals surface area contributed by atoms with Gasteiger partial charge in [-0.05, 0) is 68.7 Å². The van der Waals surface area contributed by atoms with Crippen LogP contribution in [-0.4, -0.2) is 12.1 Å². The molecule has 0 saturated heterocycles. The molecule has 1 aliphatic carbocycles. The molecule has 3 heteroatoms. The number of ether oxygens (including phenoxy) is 1. The molecule has 0 amide bonds. The van der Waals surface area contributed by atoms with Crippen molar-refractivity contribution in [1.82, 2.24) is 0 Å². The topological polar surface area (TPSA) is 35.2 Å². The van der Waals surface area contributed by atoms with Gasteiger partial charge in [0.15, 0.2) is 0 Å². The Labute approximate surface area is 127 Å². The molecule has 2 rings (SSSR count). The van der Waals surface area contributed by atoms with Crippen molar-refractivity contribution in [2.75, 3.05) is 0 Å². The Hall–Kier alpha value is -0.730. The minimum atomic E-state index is 0.115. The molecule has 1 aromatic carbocycles. The Kier molecular flexibility index (Phi) is 5.74. The first-order chi connectivity index (χ1) is 9.60. The quantitative estimate of drug-likeness (QED) is 0.863. The fraction of sp³-hybridized carbons (Fsp3) is 0.647. The third kappa shape index (κ3) is 4.13. The molecule has 0 bridgehead atoms. The normalized spacial score (nSPS) is 24.4. The SMILES string of the molecule is CCC1CCCCC1Oc1ccc(Cl)cc1CC(C)N. The molecule has 2 N–H and O–H groups in total. The van der Waals surface area contributed by atoms with Gasteiger partial charge in [-0.25, -0.2) is 0 Å². The summed E-state index contributed by atoms with van der Waals surface area (Å²) in [5.41, 5.74) is 7.06. The summed E-state index contributed by atoms with van der Waals surface area (Å²) in [5.74, 6) is 1.65. The van der Waals surface area contributed by atoms with Crippen molar-refractivity contribution in [3.8, 4) is 5.75 Å².